The van der Waals surface area contributed by atoms with Gasteiger partial charge in [0.1, 0.15) is 0 Å². The van der Waals surface area contributed by atoms with Crippen molar-refractivity contribution in [3.05, 3.63) is 30.3 Å². The van der Waals surface area contributed by atoms with Gasteiger partial charge in [0, 0.05) is 12.2 Å². The summed E-state index contributed by atoms with van der Waals surface area (Å²) in [4.78, 5) is 24.5. The van der Waals surface area contributed by atoms with Gasteiger partial charge in [0.25, 0.3) is 0 Å². The second-order valence-electron chi connectivity index (χ2n) is 4.40. The number of hydrogen-bond donors (Lipinski definition) is 3. The van der Waals surface area contributed by atoms with E-state index in [4.69, 9.17) is 10.4 Å². The minimum absolute atomic E-state index is 0.106. The lowest BCUT2D eigenvalue weighted by Gasteiger charge is -2.25. The second kappa shape index (κ2) is 7.87. The summed E-state index contributed by atoms with van der Waals surface area (Å²) in [6.07, 6.45) is -1.13. The largest absolute Gasteiger partial charge is 0.480 e. The fourth-order valence-electron chi connectivity index (χ4n) is 1.72. The molecule has 0 bridgehead atoms. The highest BCUT2D eigenvalue weighted by Gasteiger charge is 2.27. The van der Waals surface area contributed by atoms with Crippen LogP contribution in [0, 0.1) is 11.3 Å². The van der Waals surface area contributed by atoms with Crippen LogP contribution in [0.1, 0.15) is 13.3 Å². The summed E-state index contributed by atoms with van der Waals surface area (Å²) >= 11 is 0. The number of urea groups is 1. The molecule has 1 rings (SSSR count). The molecule has 1 aromatic rings. The van der Waals surface area contributed by atoms with E-state index in [1.165, 1.54) is 11.8 Å². The summed E-state index contributed by atoms with van der Waals surface area (Å²) in [5, 5.41) is 29.3. The van der Waals surface area contributed by atoms with Crippen molar-refractivity contribution in [1.82, 2.24) is 5.32 Å². The van der Waals surface area contributed by atoms with Crippen LogP contribution in [0.4, 0.5) is 10.5 Å². The molecule has 0 saturated heterocycles. The summed E-state index contributed by atoms with van der Waals surface area (Å²) in [6, 6.07) is 8.43. The van der Waals surface area contributed by atoms with Gasteiger partial charge in [0.15, 0.2) is 6.04 Å². The van der Waals surface area contributed by atoms with E-state index in [2.05, 4.69) is 5.32 Å². The number of carbonyl (C=O) groups is 2. The normalized spacial score (nSPS) is 12.8. The molecule has 0 radical (unpaired) electrons. The lowest BCUT2D eigenvalue weighted by Crippen LogP contribution is -2.52. The Hall–Kier alpha value is -2.59. The first-order valence-electron chi connectivity index (χ1n) is 6.38. The number of para-hydroxylation sites is 1. The Bertz CT molecular complexity index is 525. The number of hydrogen-bond acceptors (Lipinski definition) is 4. The van der Waals surface area contributed by atoms with Crippen molar-refractivity contribution in [2.24, 2.45) is 0 Å². The molecule has 0 aliphatic carbocycles. The second-order valence-corrected chi connectivity index (χ2v) is 4.40. The predicted octanol–water partition coefficient (Wildman–Crippen LogP) is 0.950. The molecule has 0 aliphatic heterocycles. The number of aliphatic carboxylic acids is 1. The third-order valence-electron chi connectivity index (χ3n) is 2.79. The molecule has 2 amide bonds. The molecule has 21 heavy (non-hydrogen) atoms. The summed E-state index contributed by atoms with van der Waals surface area (Å²) in [7, 11) is 0. The fraction of sp³-hybridized carbons (Fsp3) is 0.357. The molecule has 0 fully saturated rings. The molecule has 0 saturated carbocycles. The summed E-state index contributed by atoms with van der Waals surface area (Å²) in [6.45, 7) is 1.40. The summed E-state index contributed by atoms with van der Waals surface area (Å²) < 4.78 is 0. The van der Waals surface area contributed by atoms with Crippen molar-refractivity contribution in [2.45, 2.75) is 25.5 Å². The Kier molecular flexibility index (Phi) is 6.17. The van der Waals surface area contributed by atoms with Crippen molar-refractivity contribution in [1.29, 1.82) is 5.26 Å². The quantitative estimate of drug-likeness (QED) is 0.722. The van der Waals surface area contributed by atoms with Gasteiger partial charge in [0.05, 0.1) is 18.6 Å². The van der Waals surface area contributed by atoms with E-state index in [1.807, 2.05) is 6.07 Å². The number of nitriles is 1. The first kappa shape index (κ1) is 16.5. The van der Waals surface area contributed by atoms with Crippen molar-refractivity contribution in [2.75, 3.05) is 11.4 Å². The maximum Gasteiger partial charge on any atom is 0.328 e. The van der Waals surface area contributed by atoms with Crippen LogP contribution in [0.5, 0.6) is 0 Å². The van der Waals surface area contributed by atoms with E-state index >= 15 is 0 Å². The van der Waals surface area contributed by atoms with E-state index in [9.17, 15) is 14.7 Å². The highest BCUT2D eigenvalue weighted by atomic mass is 16.4. The number of amides is 2. The van der Waals surface area contributed by atoms with Crippen LogP contribution in [-0.4, -0.2) is 40.9 Å². The smallest absolute Gasteiger partial charge is 0.328 e. The molecular weight excluding hydrogens is 274 g/mol. The molecule has 0 aromatic heterocycles. The molecule has 1 aromatic carbocycles. The zero-order valence-corrected chi connectivity index (χ0v) is 11.6. The van der Waals surface area contributed by atoms with Gasteiger partial charge in [-0.2, -0.15) is 5.26 Å². The SMILES string of the molecule is C[C@@H](O)[C@H](NC(=O)N(CCC#N)c1ccccc1)C(=O)O. The molecule has 0 heterocycles. The van der Waals surface area contributed by atoms with Gasteiger partial charge >= 0.3 is 12.0 Å². The van der Waals surface area contributed by atoms with Crippen molar-refractivity contribution in [3.8, 4) is 6.07 Å². The molecule has 3 N–H and O–H groups in total. The van der Waals surface area contributed by atoms with E-state index in [-0.39, 0.29) is 13.0 Å². The van der Waals surface area contributed by atoms with E-state index in [0.717, 1.165) is 0 Å². The van der Waals surface area contributed by atoms with E-state index in [0.29, 0.717) is 5.69 Å². The van der Waals surface area contributed by atoms with Crippen LogP contribution in [0.2, 0.25) is 0 Å². The Morgan fingerprint density at radius 2 is 2.00 bits per heavy atom. The lowest BCUT2D eigenvalue weighted by molar-refractivity contribution is -0.141. The fourth-order valence-corrected chi connectivity index (χ4v) is 1.72. The number of rotatable bonds is 6. The molecule has 0 unspecified atom stereocenters. The summed E-state index contributed by atoms with van der Waals surface area (Å²) in [5.74, 6) is -1.33. The molecule has 0 aliphatic rings. The van der Waals surface area contributed by atoms with Crippen LogP contribution in [-0.2, 0) is 4.79 Å². The van der Waals surface area contributed by atoms with Gasteiger partial charge in [-0.05, 0) is 19.1 Å². The third-order valence-corrected chi connectivity index (χ3v) is 2.79. The van der Waals surface area contributed by atoms with Crippen molar-refractivity contribution in [3.63, 3.8) is 0 Å². The summed E-state index contributed by atoms with van der Waals surface area (Å²) in [5.41, 5.74) is 0.542. The molecule has 2 atom stereocenters. The number of aliphatic hydroxyl groups excluding tert-OH is 1. The molecule has 0 spiro atoms. The van der Waals surface area contributed by atoms with Gasteiger partial charge < -0.3 is 15.5 Å². The maximum atomic E-state index is 12.2. The van der Waals surface area contributed by atoms with Crippen LogP contribution >= 0.6 is 0 Å². The van der Waals surface area contributed by atoms with Crippen LogP contribution in [0.15, 0.2) is 30.3 Å². The van der Waals surface area contributed by atoms with Gasteiger partial charge in [0.2, 0.25) is 0 Å². The maximum absolute atomic E-state index is 12.2. The number of carboxylic acid groups (broad SMARTS) is 1. The van der Waals surface area contributed by atoms with Crippen molar-refractivity contribution < 1.29 is 19.8 Å². The number of nitrogens with one attached hydrogen (secondary N) is 1. The van der Waals surface area contributed by atoms with Crippen molar-refractivity contribution >= 4 is 17.7 Å². The molecular formula is C14H17N3O4. The third kappa shape index (κ3) is 4.78. The van der Waals surface area contributed by atoms with Gasteiger partial charge in [-0.1, -0.05) is 18.2 Å². The van der Waals surface area contributed by atoms with Gasteiger partial charge in [-0.15, -0.1) is 0 Å². The van der Waals surface area contributed by atoms with Gasteiger partial charge in [-0.25, -0.2) is 9.59 Å². The number of benzene rings is 1. The van der Waals surface area contributed by atoms with Gasteiger partial charge in [-0.3, -0.25) is 4.90 Å². The average Bonchev–Trinajstić information content (AvgIpc) is 2.45. The Morgan fingerprint density at radius 1 is 1.38 bits per heavy atom. The molecule has 7 nitrogen and oxygen atoms in total. The standard InChI is InChI=1S/C14H17N3O4/c1-10(18)12(13(19)20)16-14(21)17(9-5-8-15)11-6-3-2-4-7-11/h2-4,6-7,10,12,18H,5,9H2,1H3,(H,16,21)(H,19,20)/t10-,12+/m1/s1. The average molecular weight is 291 g/mol. The monoisotopic (exact) mass is 291 g/mol. The van der Waals surface area contributed by atoms with E-state index < -0.39 is 24.1 Å². The lowest BCUT2D eigenvalue weighted by atomic mass is 10.2. The first-order valence-corrected chi connectivity index (χ1v) is 6.38. The molecule has 112 valence electrons. The Labute approximate surface area is 122 Å². The predicted molar refractivity (Wildman–Crippen MR) is 75.7 cm³/mol. The number of aliphatic hydroxyl groups is 1. The zero-order valence-electron chi connectivity index (χ0n) is 11.6. The number of nitrogens with zero attached hydrogens (tertiary/aromatic N) is 2. The number of carboxylic acids is 1. The molecule has 7 heteroatoms. The minimum atomic E-state index is -1.41. The highest BCUT2D eigenvalue weighted by Crippen LogP contribution is 2.14. The topological polar surface area (TPSA) is 114 Å². The minimum Gasteiger partial charge on any atom is -0.480 e. The first-order chi connectivity index (χ1) is 9.97. The Balaban J connectivity index is 2.91. The van der Waals surface area contributed by atoms with Crippen LogP contribution in [0.25, 0.3) is 0 Å². The van der Waals surface area contributed by atoms with Crippen LogP contribution < -0.4 is 10.2 Å². The van der Waals surface area contributed by atoms with Crippen LogP contribution in [0.3, 0.4) is 0 Å². The number of carbonyl (C=O) groups excluding carboxylic acids is 1. The zero-order chi connectivity index (χ0) is 15.8. The number of anilines is 1. The van der Waals surface area contributed by atoms with E-state index in [1.54, 1.807) is 30.3 Å². The Morgan fingerprint density at radius 3 is 2.48 bits per heavy atom. The highest BCUT2D eigenvalue weighted by molar-refractivity contribution is 5.94.